The molecule has 0 unspecified atom stereocenters. The highest BCUT2D eigenvalue weighted by molar-refractivity contribution is 7.96. The Morgan fingerprint density at radius 3 is 2.48 bits per heavy atom. The summed E-state index contributed by atoms with van der Waals surface area (Å²) in [5.74, 6) is -0.409. The molecule has 0 saturated carbocycles. The van der Waals surface area contributed by atoms with E-state index >= 15 is 0 Å². The van der Waals surface area contributed by atoms with Crippen molar-refractivity contribution >= 4 is 19.7 Å². The zero-order chi connectivity index (χ0) is 19.5. The molecule has 150 valence electrons. The van der Waals surface area contributed by atoms with Gasteiger partial charge in [-0.3, -0.25) is 0 Å². The smallest absolute Gasteiger partial charge is 0.183 e. The van der Waals surface area contributed by atoms with Crippen LogP contribution in [0.2, 0.25) is 0 Å². The molecule has 1 saturated heterocycles. The molecule has 0 radical (unpaired) electrons. The fraction of sp³-hybridized carbons (Fsp3) is 0.600. The largest absolute Gasteiger partial charge is 0.311 e. The van der Waals surface area contributed by atoms with Crippen LogP contribution in [0.3, 0.4) is 0 Å². The minimum absolute atomic E-state index is 0.108. The van der Waals surface area contributed by atoms with E-state index in [1.54, 1.807) is 24.3 Å². The third-order valence-electron chi connectivity index (χ3n) is 5.60. The van der Waals surface area contributed by atoms with Gasteiger partial charge in [-0.05, 0) is 62.8 Å². The first-order valence-electron chi connectivity index (χ1n) is 9.76. The van der Waals surface area contributed by atoms with E-state index in [1.807, 2.05) is 6.92 Å². The molecule has 1 aromatic rings. The molecular weight excluding hydrogens is 382 g/mol. The number of rotatable bonds is 7. The third kappa shape index (κ3) is 5.00. The Kier molecular flexibility index (Phi) is 6.43. The van der Waals surface area contributed by atoms with E-state index in [0.29, 0.717) is 6.54 Å². The second kappa shape index (κ2) is 8.45. The van der Waals surface area contributed by atoms with Gasteiger partial charge in [0, 0.05) is 6.04 Å². The van der Waals surface area contributed by atoms with Crippen molar-refractivity contribution in [3.63, 3.8) is 0 Å². The number of hydrogen-bond acceptors (Lipinski definition) is 5. The van der Waals surface area contributed by atoms with E-state index in [4.69, 9.17) is 0 Å². The minimum Gasteiger partial charge on any atom is -0.311 e. The minimum atomic E-state index is -3.70. The van der Waals surface area contributed by atoms with Gasteiger partial charge in [0.05, 0.1) is 21.7 Å². The molecule has 0 aromatic heterocycles. The molecule has 0 spiro atoms. The van der Waals surface area contributed by atoms with Crippen LogP contribution >= 0.6 is 0 Å². The Bertz CT molecular complexity index is 886. The monoisotopic (exact) mass is 411 g/mol. The van der Waals surface area contributed by atoms with Gasteiger partial charge in [-0.2, -0.15) is 0 Å². The molecule has 1 fully saturated rings. The summed E-state index contributed by atoms with van der Waals surface area (Å²) in [6.07, 6.45) is 8.59. The normalized spacial score (nSPS) is 25.3. The number of hydrogen-bond donors (Lipinski definition) is 1. The molecular formula is C20H29NO4S2. The van der Waals surface area contributed by atoms with E-state index in [2.05, 4.69) is 11.4 Å². The van der Waals surface area contributed by atoms with Crippen molar-refractivity contribution in [2.24, 2.45) is 0 Å². The van der Waals surface area contributed by atoms with E-state index in [-0.39, 0.29) is 16.4 Å². The molecule has 1 aliphatic heterocycles. The molecule has 0 amide bonds. The molecule has 2 atom stereocenters. The van der Waals surface area contributed by atoms with Crippen LogP contribution in [0.25, 0.3) is 0 Å². The predicted molar refractivity (Wildman–Crippen MR) is 108 cm³/mol. The third-order valence-corrected chi connectivity index (χ3v) is 9.76. The van der Waals surface area contributed by atoms with Gasteiger partial charge >= 0.3 is 0 Å². The van der Waals surface area contributed by atoms with Gasteiger partial charge in [0.1, 0.15) is 0 Å². The average molecular weight is 412 g/mol. The summed E-state index contributed by atoms with van der Waals surface area (Å²) in [5.41, 5.74) is 2.45. The Balaban J connectivity index is 1.73. The number of allylic oxidation sites excluding steroid dienone is 1. The topological polar surface area (TPSA) is 80.3 Å². The van der Waals surface area contributed by atoms with Crippen LogP contribution in [0, 0.1) is 0 Å². The number of sulfone groups is 2. The van der Waals surface area contributed by atoms with Crippen LogP contribution in [0.15, 0.2) is 40.8 Å². The molecule has 1 aliphatic carbocycles. The average Bonchev–Trinajstić information content (AvgIpc) is 2.98. The van der Waals surface area contributed by atoms with Crippen molar-refractivity contribution in [3.05, 3.63) is 41.5 Å². The highest BCUT2D eigenvalue weighted by Crippen LogP contribution is 2.27. The Labute approximate surface area is 163 Å². The van der Waals surface area contributed by atoms with Crippen molar-refractivity contribution < 1.29 is 16.8 Å². The Morgan fingerprint density at radius 1 is 1.11 bits per heavy atom. The quantitative estimate of drug-likeness (QED) is 0.698. The molecule has 1 aromatic carbocycles. The summed E-state index contributed by atoms with van der Waals surface area (Å²) in [7, 11) is -7.06. The molecule has 1 N–H and O–H groups in total. The highest BCUT2D eigenvalue weighted by Gasteiger charge is 2.45. The van der Waals surface area contributed by atoms with Crippen molar-refractivity contribution in [2.45, 2.75) is 61.6 Å². The summed E-state index contributed by atoms with van der Waals surface area (Å²) in [6.45, 7) is 2.63. The fourth-order valence-corrected chi connectivity index (χ4v) is 8.67. The van der Waals surface area contributed by atoms with E-state index in [1.165, 1.54) is 18.4 Å². The molecule has 1 heterocycles. The van der Waals surface area contributed by atoms with E-state index < -0.39 is 31.0 Å². The van der Waals surface area contributed by atoms with Gasteiger partial charge < -0.3 is 5.32 Å². The first-order chi connectivity index (χ1) is 12.8. The lowest BCUT2D eigenvalue weighted by atomic mass is 9.97. The lowest BCUT2D eigenvalue weighted by Gasteiger charge is -2.21. The van der Waals surface area contributed by atoms with Crippen LogP contribution in [0.5, 0.6) is 0 Å². The van der Waals surface area contributed by atoms with Crippen molar-refractivity contribution in [1.29, 1.82) is 0 Å². The van der Waals surface area contributed by atoms with Crippen molar-refractivity contribution in [3.8, 4) is 0 Å². The highest BCUT2D eigenvalue weighted by atomic mass is 32.2. The Morgan fingerprint density at radius 2 is 1.85 bits per heavy atom. The van der Waals surface area contributed by atoms with Gasteiger partial charge in [0.25, 0.3) is 0 Å². The zero-order valence-electron chi connectivity index (χ0n) is 15.9. The fourth-order valence-electron chi connectivity index (χ4n) is 3.95. The molecule has 2 aliphatic rings. The summed E-state index contributed by atoms with van der Waals surface area (Å²) < 4.78 is 50.5. The Hall–Kier alpha value is -1.18. The number of nitrogens with one attached hydrogen (secondary N) is 1. The van der Waals surface area contributed by atoms with Crippen molar-refractivity contribution in [2.75, 3.05) is 18.1 Å². The number of aryl methyl sites for hydroxylation is 1. The van der Waals surface area contributed by atoms with Crippen LogP contribution < -0.4 is 5.32 Å². The number of benzene rings is 1. The summed E-state index contributed by atoms with van der Waals surface area (Å²) in [4.78, 5) is 0.212. The standard InChI is InChI=1S/C20H29NO4S2/c1-2-16-8-10-18(11-9-16)27(24,25)20-15-26(22,23)14-19(20)21-13-12-17-6-4-3-5-7-17/h6,8-11,19-21H,2-5,7,12-15H2,1H3/t19-,20+/m1/s1. The van der Waals surface area contributed by atoms with Gasteiger partial charge in [-0.15, -0.1) is 0 Å². The van der Waals surface area contributed by atoms with E-state index in [9.17, 15) is 16.8 Å². The maximum atomic E-state index is 13.1. The predicted octanol–water partition coefficient (Wildman–Crippen LogP) is 2.67. The molecule has 27 heavy (non-hydrogen) atoms. The molecule has 5 nitrogen and oxygen atoms in total. The van der Waals surface area contributed by atoms with Crippen LogP contribution in [0.4, 0.5) is 0 Å². The zero-order valence-corrected chi connectivity index (χ0v) is 17.5. The van der Waals surface area contributed by atoms with E-state index in [0.717, 1.165) is 31.2 Å². The first-order valence-corrected chi connectivity index (χ1v) is 13.1. The van der Waals surface area contributed by atoms with Gasteiger partial charge in [0.15, 0.2) is 19.7 Å². The second-order valence-electron chi connectivity index (χ2n) is 7.58. The van der Waals surface area contributed by atoms with Crippen LogP contribution in [0.1, 0.15) is 44.6 Å². The lowest BCUT2D eigenvalue weighted by Crippen LogP contribution is -2.43. The maximum absolute atomic E-state index is 13.1. The molecule has 0 bridgehead atoms. The SMILES string of the molecule is CCc1ccc(S(=O)(=O)[C@H]2CS(=O)(=O)C[C@H]2NCCC2=CCCCC2)cc1. The summed E-state index contributed by atoms with van der Waals surface area (Å²) in [6, 6.07) is 6.25. The van der Waals surface area contributed by atoms with Gasteiger partial charge in [-0.1, -0.05) is 30.7 Å². The van der Waals surface area contributed by atoms with Gasteiger partial charge in [-0.25, -0.2) is 16.8 Å². The van der Waals surface area contributed by atoms with Crippen LogP contribution in [-0.2, 0) is 26.1 Å². The first kappa shape index (κ1) is 20.6. The summed E-state index contributed by atoms with van der Waals surface area (Å²) >= 11 is 0. The maximum Gasteiger partial charge on any atom is 0.183 e. The van der Waals surface area contributed by atoms with Crippen LogP contribution in [-0.4, -0.2) is 46.2 Å². The summed E-state index contributed by atoms with van der Waals surface area (Å²) in [5, 5.41) is 2.31. The molecule has 3 rings (SSSR count). The van der Waals surface area contributed by atoms with Crippen molar-refractivity contribution in [1.82, 2.24) is 5.32 Å². The molecule has 7 heteroatoms. The second-order valence-corrected chi connectivity index (χ2v) is 11.9. The lowest BCUT2D eigenvalue weighted by molar-refractivity contribution is 0.523. The van der Waals surface area contributed by atoms with Gasteiger partial charge in [0.2, 0.25) is 0 Å².